The quantitative estimate of drug-likeness (QED) is 0.670. The van der Waals surface area contributed by atoms with Gasteiger partial charge in [0.25, 0.3) is 0 Å². The molecule has 0 heterocycles. The molecular weight excluding hydrogens is 369 g/mol. The average Bonchev–Trinajstić information content (AvgIpc) is 3.05. The summed E-state index contributed by atoms with van der Waals surface area (Å²) in [4.78, 5) is 12.3. The molecule has 29 heavy (non-hydrogen) atoms. The Morgan fingerprint density at radius 1 is 1.00 bits per heavy atom. The summed E-state index contributed by atoms with van der Waals surface area (Å²) in [5.41, 5.74) is 3.78. The number of halogens is 1. The highest BCUT2D eigenvalue weighted by molar-refractivity contribution is 5.79. The molecule has 148 valence electrons. The summed E-state index contributed by atoms with van der Waals surface area (Å²) in [6, 6.07) is 21.8. The zero-order valence-corrected chi connectivity index (χ0v) is 16.1. The van der Waals surface area contributed by atoms with Crippen molar-refractivity contribution in [3.05, 3.63) is 95.3 Å². The SMILES string of the molecule is CC(O)(CNC(=O)OCC1c2ccccc2-c2ccccc21)c1ccc(F)cc1. The summed E-state index contributed by atoms with van der Waals surface area (Å²) in [5.74, 6) is -0.403. The van der Waals surface area contributed by atoms with E-state index in [1.807, 2.05) is 24.3 Å². The third-order valence-corrected chi connectivity index (χ3v) is 5.39. The zero-order chi connectivity index (χ0) is 20.4. The smallest absolute Gasteiger partial charge is 0.407 e. The topological polar surface area (TPSA) is 58.6 Å². The van der Waals surface area contributed by atoms with E-state index in [0.717, 1.165) is 22.3 Å². The first-order chi connectivity index (χ1) is 14.0. The van der Waals surface area contributed by atoms with E-state index in [2.05, 4.69) is 29.6 Å². The van der Waals surface area contributed by atoms with Gasteiger partial charge in [0.05, 0.1) is 6.54 Å². The number of fused-ring (bicyclic) bond motifs is 3. The lowest BCUT2D eigenvalue weighted by Crippen LogP contribution is -2.39. The standard InChI is InChI=1S/C24H22FNO3/c1-24(28,16-10-12-17(25)13-11-16)15-26-23(27)29-14-22-20-8-4-2-6-18(20)19-7-3-5-9-21(19)22/h2-13,22,28H,14-15H2,1H3,(H,26,27). The molecule has 0 fully saturated rings. The number of benzene rings is 3. The molecule has 1 unspecified atom stereocenters. The molecule has 1 aliphatic carbocycles. The average molecular weight is 391 g/mol. The van der Waals surface area contributed by atoms with Crippen LogP contribution >= 0.6 is 0 Å². The molecule has 0 saturated heterocycles. The Morgan fingerprint density at radius 3 is 2.14 bits per heavy atom. The van der Waals surface area contributed by atoms with Crippen molar-refractivity contribution in [1.29, 1.82) is 0 Å². The molecule has 0 spiro atoms. The Hall–Kier alpha value is -3.18. The number of ether oxygens (including phenoxy) is 1. The molecule has 4 nitrogen and oxygen atoms in total. The Kier molecular flexibility index (Phi) is 5.07. The van der Waals surface area contributed by atoms with E-state index in [-0.39, 0.29) is 24.9 Å². The Bertz CT molecular complexity index is 985. The molecule has 0 radical (unpaired) electrons. The number of carbonyl (C=O) groups excluding carboxylic acids is 1. The molecule has 0 saturated carbocycles. The first-order valence-corrected chi connectivity index (χ1v) is 9.53. The summed E-state index contributed by atoms with van der Waals surface area (Å²) in [6.07, 6.45) is -0.603. The van der Waals surface area contributed by atoms with Gasteiger partial charge in [-0.2, -0.15) is 0 Å². The van der Waals surface area contributed by atoms with Gasteiger partial charge in [0.15, 0.2) is 0 Å². The Morgan fingerprint density at radius 2 is 1.55 bits per heavy atom. The predicted molar refractivity (Wildman–Crippen MR) is 109 cm³/mol. The number of alkyl carbamates (subject to hydrolysis) is 1. The number of hydrogen-bond donors (Lipinski definition) is 2. The molecular formula is C24H22FNO3. The van der Waals surface area contributed by atoms with Crippen LogP contribution < -0.4 is 5.32 Å². The van der Waals surface area contributed by atoms with E-state index in [9.17, 15) is 14.3 Å². The first-order valence-electron chi connectivity index (χ1n) is 9.53. The van der Waals surface area contributed by atoms with Crippen LogP contribution in [0.25, 0.3) is 11.1 Å². The van der Waals surface area contributed by atoms with Gasteiger partial charge in [0.2, 0.25) is 0 Å². The molecule has 1 atom stereocenters. The van der Waals surface area contributed by atoms with Crippen LogP contribution in [-0.4, -0.2) is 24.4 Å². The van der Waals surface area contributed by atoms with Crippen LogP contribution in [0.4, 0.5) is 9.18 Å². The van der Waals surface area contributed by atoms with Crippen molar-refractivity contribution in [3.8, 4) is 11.1 Å². The van der Waals surface area contributed by atoms with Gasteiger partial charge in [0.1, 0.15) is 18.0 Å². The molecule has 0 aromatic heterocycles. The van der Waals surface area contributed by atoms with Crippen molar-refractivity contribution in [3.63, 3.8) is 0 Å². The minimum Gasteiger partial charge on any atom is -0.449 e. The van der Waals surface area contributed by atoms with E-state index in [0.29, 0.717) is 5.56 Å². The minimum atomic E-state index is -1.33. The molecule has 1 aliphatic rings. The molecule has 0 bridgehead atoms. The van der Waals surface area contributed by atoms with Crippen molar-refractivity contribution in [2.45, 2.75) is 18.4 Å². The Labute approximate surface area is 169 Å². The fourth-order valence-electron chi connectivity index (χ4n) is 3.80. The summed E-state index contributed by atoms with van der Waals surface area (Å²) < 4.78 is 18.5. The molecule has 3 aromatic rings. The zero-order valence-electron chi connectivity index (χ0n) is 16.1. The predicted octanol–water partition coefficient (Wildman–Crippen LogP) is 4.57. The number of rotatable bonds is 5. The van der Waals surface area contributed by atoms with Crippen LogP contribution in [0.3, 0.4) is 0 Å². The number of carbonyl (C=O) groups is 1. The summed E-state index contributed by atoms with van der Waals surface area (Å²) in [5, 5.41) is 13.2. The van der Waals surface area contributed by atoms with Gasteiger partial charge in [-0.05, 0) is 46.9 Å². The maximum atomic E-state index is 13.1. The molecule has 2 N–H and O–H groups in total. The van der Waals surface area contributed by atoms with Gasteiger partial charge >= 0.3 is 6.09 Å². The van der Waals surface area contributed by atoms with Crippen molar-refractivity contribution < 1.29 is 19.0 Å². The largest absolute Gasteiger partial charge is 0.449 e. The number of aliphatic hydroxyl groups is 1. The first kappa shape index (κ1) is 19.2. The number of nitrogens with one attached hydrogen (secondary N) is 1. The van der Waals surface area contributed by atoms with E-state index in [1.54, 1.807) is 6.92 Å². The maximum Gasteiger partial charge on any atom is 0.407 e. The van der Waals surface area contributed by atoms with Crippen molar-refractivity contribution in [2.24, 2.45) is 0 Å². The van der Waals surface area contributed by atoms with Crippen LogP contribution in [0.2, 0.25) is 0 Å². The van der Waals surface area contributed by atoms with Gasteiger partial charge in [0, 0.05) is 5.92 Å². The van der Waals surface area contributed by atoms with E-state index >= 15 is 0 Å². The van der Waals surface area contributed by atoms with Gasteiger partial charge < -0.3 is 15.2 Å². The molecule has 0 aliphatic heterocycles. The highest BCUT2D eigenvalue weighted by atomic mass is 19.1. The van der Waals surface area contributed by atoms with Crippen LogP contribution in [0.1, 0.15) is 29.5 Å². The lowest BCUT2D eigenvalue weighted by molar-refractivity contribution is 0.0533. The van der Waals surface area contributed by atoms with E-state index in [4.69, 9.17) is 4.74 Å². The normalized spacial score (nSPS) is 14.6. The van der Waals surface area contributed by atoms with Crippen molar-refractivity contribution >= 4 is 6.09 Å². The Balaban J connectivity index is 1.39. The van der Waals surface area contributed by atoms with Gasteiger partial charge in [-0.15, -0.1) is 0 Å². The van der Waals surface area contributed by atoms with Gasteiger partial charge in [-0.1, -0.05) is 60.7 Å². The van der Waals surface area contributed by atoms with Crippen molar-refractivity contribution in [2.75, 3.05) is 13.2 Å². The minimum absolute atomic E-state index is 0.0224. The number of amides is 1. The van der Waals surface area contributed by atoms with Gasteiger partial charge in [-0.25, -0.2) is 9.18 Å². The highest BCUT2D eigenvalue weighted by Crippen LogP contribution is 2.44. The maximum absolute atomic E-state index is 13.1. The van der Waals surface area contributed by atoms with Crippen LogP contribution in [0, 0.1) is 5.82 Å². The second kappa shape index (κ2) is 7.68. The van der Waals surface area contributed by atoms with Gasteiger partial charge in [-0.3, -0.25) is 0 Å². The molecule has 4 rings (SSSR count). The van der Waals surface area contributed by atoms with E-state index < -0.39 is 11.7 Å². The summed E-state index contributed by atoms with van der Waals surface area (Å²) >= 11 is 0. The molecule has 5 heteroatoms. The van der Waals surface area contributed by atoms with E-state index in [1.165, 1.54) is 24.3 Å². The third-order valence-electron chi connectivity index (χ3n) is 5.39. The van der Waals surface area contributed by atoms with Crippen LogP contribution in [0.5, 0.6) is 0 Å². The summed E-state index contributed by atoms with van der Waals surface area (Å²) in [6.45, 7) is 1.72. The monoisotopic (exact) mass is 391 g/mol. The lowest BCUT2D eigenvalue weighted by Gasteiger charge is -2.24. The van der Waals surface area contributed by atoms with Crippen LogP contribution in [0.15, 0.2) is 72.8 Å². The highest BCUT2D eigenvalue weighted by Gasteiger charge is 2.29. The van der Waals surface area contributed by atoms with Crippen LogP contribution in [-0.2, 0) is 10.3 Å². The number of hydrogen-bond acceptors (Lipinski definition) is 3. The summed E-state index contributed by atoms with van der Waals surface area (Å²) in [7, 11) is 0. The fourth-order valence-corrected chi connectivity index (χ4v) is 3.80. The molecule has 3 aromatic carbocycles. The molecule has 1 amide bonds. The fraction of sp³-hybridized carbons (Fsp3) is 0.208. The van der Waals surface area contributed by atoms with Crippen molar-refractivity contribution in [1.82, 2.24) is 5.32 Å². The second-order valence-electron chi connectivity index (χ2n) is 7.46. The second-order valence-corrected chi connectivity index (χ2v) is 7.46. The lowest BCUT2D eigenvalue weighted by atomic mass is 9.96. The third kappa shape index (κ3) is 3.87.